The molecule has 0 aromatic rings. The molecule has 7 heteroatoms. The predicted molar refractivity (Wildman–Crippen MR) is 73.2 cm³/mol. The number of urea groups is 1. The standard InChI is InChI=1S/C13H23N3O4/c1-4-15(5-2)11(17)6-14-13(20)16-7-10(8-16)9(3)12(18)19/h9-10H,4-8H2,1-3H3,(H,14,20)(H,18,19). The SMILES string of the molecule is CCN(CC)C(=O)CNC(=O)N1CC(C(C)C(=O)O)C1. The van der Waals surface area contributed by atoms with Crippen molar-refractivity contribution in [1.29, 1.82) is 0 Å². The summed E-state index contributed by atoms with van der Waals surface area (Å²) >= 11 is 0. The highest BCUT2D eigenvalue weighted by Gasteiger charge is 2.37. The van der Waals surface area contributed by atoms with Gasteiger partial charge in [-0.1, -0.05) is 6.92 Å². The second-order valence-electron chi connectivity index (χ2n) is 5.02. The molecule has 0 bridgehead atoms. The van der Waals surface area contributed by atoms with Gasteiger partial charge in [0.05, 0.1) is 12.5 Å². The van der Waals surface area contributed by atoms with E-state index in [0.29, 0.717) is 26.2 Å². The first-order chi connectivity index (χ1) is 9.40. The number of likely N-dealkylation sites (tertiary alicyclic amines) is 1. The number of carbonyl (C=O) groups is 3. The third-order valence-corrected chi connectivity index (χ3v) is 3.80. The molecule has 1 unspecified atom stereocenters. The molecule has 7 nitrogen and oxygen atoms in total. The quantitative estimate of drug-likeness (QED) is 0.730. The number of nitrogens with zero attached hydrogens (tertiary/aromatic N) is 2. The Morgan fingerprint density at radius 2 is 1.85 bits per heavy atom. The molecule has 2 N–H and O–H groups in total. The molecule has 20 heavy (non-hydrogen) atoms. The first-order valence-corrected chi connectivity index (χ1v) is 6.94. The minimum absolute atomic E-state index is 0.00302. The van der Waals surface area contributed by atoms with Crippen LogP contribution in [0.3, 0.4) is 0 Å². The lowest BCUT2D eigenvalue weighted by Crippen LogP contribution is -2.57. The number of amides is 3. The van der Waals surface area contributed by atoms with Crippen molar-refractivity contribution < 1.29 is 19.5 Å². The molecule has 0 aromatic heterocycles. The Balaban J connectivity index is 2.29. The highest BCUT2D eigenvalue weighted by molar-refractivity contribution is 5.84. The number of likely N-dealkylation sites (N-methyl/N-ethyl adjacent to an activating group) is 1. The van der Waals surface area contributed by atoms with Gasteiger partial charge in [-0.15, -0.1) is 0 Å². The van der Waals surface area contributed by atoms with E-state index in [1.165, 1.54) is 4.90 Å². The van der Waals surface area contributed by atoms with E-state index in [2.05, 4.69) is 5.32 Å². The Morgan fingerprint density at radius 3 is 2.30 bits per heavy atom. The largest absolute Gasteiger partial charge is 0.481 e. The number of carboxylic acid groups (broad SMARTS) is 1. The van der Waals surface area contributed by atoms with Crippen molar-refractivity contribution in [3.8, 4) is 0 Å². The molecule has 0 aliphatic carbocycles. The van der Waals surface area contributed by atoms with E-state index in [1.54, 1.807) is 11.8 Å². The van der Waals surface area contributed by atoms with Gasteiger partial charge in [-0.05, 0) is 13.8 Å². The number of hydrogen-bond donors (Lipinski definition) is 2. The lowest BCUT2D eigenvalue weighted by atomic mass is 9.87. The maximum atomic E-state index is 11.8. The molecule has 1 rings (SSSR count). The fourth-order valence-electron chi connectivity index (χ4n) is 2.15. The maximum absolute atomic E-state index is 11.8. The fraction of sp³-hybridized carbons (Fsp3) is 0.769. The summed E-state index contributed by atoms with van der Waals surface area (Å²) in [5.74, 6) is -1.40. The van der Waals surface area contributed by atoms with Gasteiger partial charge in [-0.3, -0.25) is 9.59 Å². The number of carboxylic acids is 1. The third-order valence-electron chi connectivity index (χ3n) is 3.80. The van der Waals surface area contributed by atoms with Gasteiger partial charge in [-0.25, -0.2) is 4.79 Å². The average molecular weight is 285 g/mol. The summed E-state index contributed by atoms with van der Waals surface area (Å²) in [5, 5.41) is 11.4. The van der Waals surface area contributed by atoms with Crippen LogP contribution in [0.2, 0.25) is 0 Å². The van der Waals surface area contributed by atoms with Crippen molar-refractivity contribution in [2.45, 2.75) is 20.8 Å². The summed E-state index contributed by atoms with van der Waals surface area (Å²) in [6.45, 7) is 7.49. The third kappa shape index (κ3) is 3.85. The van der Waals surface area contributed by atoms with Crippen LogP contribution < -0.4 is 5.32 Å². The number of hydrogen-bond acceptors (Lipinski definition) is 3. The molecule has 1 heterocycles. The Morgan fingerprint density at radius 1 is 1.30 bits per heavy atom. The Labute approximate surface area is 118 Å². The van der Waals surface area contributed by atoms with Crippen LogP contribution in [0.4, 0.5) is 4.79 Å². The molecule has 1 aliphatic rings. The molecule has 0 spiro atoms. The van der Waals surface area contributed by atoms with Crippen LogP contribution >= 0.6 is 0 Å². The van der Waals surface area contributed by atoms with Crippen LogP contribution in [0.15, 0.2) is 0 Å². The first-order valence-electron chi connectivity index (χ1n) is 6.94. The number of carbonyl (C=O) groups excluding carboxylic acids is 2. The average Bonchev–Trinajstić information content (AvgIpc) is 2.35. The van der Waals surface area contributed by atoms with Crippen molar-refractivity contribution in [3.63, 3.8) is 0 Å². The van der Waals surface area contributed by atoms with Gasteiger partial charge in [0.1, 0.15) is 0 Å². The molecular weight excluding hydrogens is 262 g/mol. The lowest BCUT2D eigenvalue weighted by molar-refractivity contribution is -0.144. The van der Waals surface area contributed by atoms with Crippen LogP contribution in [0.1, 0.15) is 20.8 Å². The molecule has 0 saturated carbocycles. The van der Waals surface area contributed by atoms with Gasteiger partial charge < -0.3 is 20.2 Å². The Kier molecular flexibility index (Phi) is 5.79. The summed E-state index contributed by atoms with van der Waals surface area (Å²) in [6.07, 6.45) is 0. The maximum Gasteiger partial charge on any atom is 0.317 e. The molecule has 0 aromatic carbocycles. The fourth-order valence-corrected chi connectivity index (χ4v) is 2.15. The van der Waals surface area contributed by atoms with Crippen LogP contribution in [0.5, 0.6) is 0 Å². The zero-order valence-corrected chi connectivity index (χ0v) is 12.3. The van der Waals surface area contributed by atoms with Gasteiger partial charge in [0.25, 0.3) is 0 Å². The zero-order valence-electron chi connectivity index (χ0n) is 12.3. The Bertz CT molecular complexity index is 376. The molecule has 1 atom stereocenters. The van der Waals surface area contributed by atoms with Gasteiger partial charge in [-0.2, -0.15) is 0 Å². The number of aliphatic carboxylic acids is 1. The summed E-state index contributed by atoms with van der Waals surface area (Å²) in [7, 11) is 0. The summed E-state index contributed by atoms with van der Waals surface area (Å²) in [5.41, 5.74) is 0. The van der Waals surface area contributed by atoms with Crippen LogP contribution in [0, 0.1) is 11.8 Å². The van der Waals surface area contributed by atoms with Crippen molar-refractivity contribution in [3.05, 3.63) is 0 Å². The highest BCUT2D eigenvalue weighted by atomic mass is 16.4. The summed E-state index contributed by atoms with van der Waals surface area (Å²) in [4.78, 5) is 37.4. The minimum atomic E-state index is -0.841. The van der Waals surface area contributed by atoms with Crippen molar-refractivity contribution in [2.24, 2.45) is 11.8 Å². The van der Waals surface area contributed by atoms with E-state index in [-0.39, 0.29) is 24.4 Å². The van der Waals surface area contributed by atoms with Crippen molar-refractivity contribution in [1.82, 2.24) is 15.1 Å². The lowest BCUT2D eigenvalue weighted by Gasteiger charge is -2.41. The van der Waals surface area contributed by atoms with E-state index in [4.69, 9.17) is 5.11 Å². The zero-order chi connectivity index (χ0) is 15.3. The smallest absolute Gasteiger partial charge is 0.317 e. The topological polar surface area (TPSA) is 90.0 Å². The van der Waals surface area contributed by atoms with Gasteiger partial charge in [0, 0.05) is 32.1 Å². The molecule has 114 valence electrons. The second-order valence-corrected chi connectivity index (χ2v) is 5.02. The van der Waals surface area contributed by atoms with Crippen LogP contribution in [-0.2, 0) is 9.59 Å². The van der Waals surface area contributed by atoms with Gasteiger partial charge >= 0.3 is 12.0 Å². The Hall–Kier alpha value is -1.79. The molecule has 1 fully saturated rings. The summed E-state index contributed by atoms with van der Waals surface area (Å²) < 4.78 is 0. The van der Waals surface area contributed by atoms with Crippen LogP contribution in [-0.4, -0.2) is 65.5 Å². The van der Waals surface area contributed by atoms with Gasteiger partial charge in [0.15, 0.2) is 0 Å². The van der Waals surface area contributed by atoms with E-state index in [0.717, 1.165) is 0 Å². The normalized spacial score (nSPS) is 16.2. The second kappa shape index (κ2) is 7.12. The molecule has 3 amide bonds. The van der Waals surface area contributed by atoms with E-state index >= 15 is 0 Å². The monoisotopic (exact) mass is 285 g/mol. The van der Waals surface area contributed by atoms with Crippen molar-refractivity contribution in [2.75, 3.05) is 32.7 Å². The molecular formula is C13H23N3O4. The summed E-state index contributed by atoms with van der Waals surface area (Å²) in [6, 6.07) is -0.306. The molecule has 1 aliphatic heterocycles. The van der Waals surface area contributed by atoms with Gasteiger partial charge in [0.2, 0.25) is 5.91 Å². The predicted octanol–water partition coefficient (Wildman–Crippen LogP) is 0.217. The van der Waals surface area contributed by atoms with E-state index < -0.39 is 11.9 Å². The molecule has 0 radical (unpaired) electrons. The first kappa shape index (κ1) is 16.3. The van der Waals surface area contributed by atoms with Crippen molar-refractivity contribution >= 4 is 17.9 Å². The molecule has 1 saturated heterocycles. The van der Waals surface area contributed by atoms with Crippen LogP contribution in [0.25, 0.3) is 0 Å². The van der Waals surface area contributed by atoms with E-state index in [9.17, 15) is 14.4 Å². The minimum Gasteiger partial charge on any atom is -0.481 e. The number of nitrogens with one attached hydrogen (secondary N) is 1. The number of rotatable bonds is 6. The highest BCUT2D eigenvalue weighted by Crippen LogP contribution is 2.23. The van der Waals surface area contributed by atoms with E-state index in [1.807, 2.05) is 13.8 Å².